The maximum absolute atomic E-state index is 13.0. The van der Waals surface area contributed by atoms with Gasteiger partial charge >= 0.3 is 0 Å². The summed E-state index contributed by atoms with van der Waals surface area (Å²) in [5.41, 5.74) is 1.66. The van der Waals surface area contributed by atoms with Crippen LogP contribution in [0.5, 0.6) is 0 Å². The number of carbonyl (C=O) groups excluding carboxylic acids is 2. The molecule has 2 amide bonds. The van der Waals surface area contributed by atoms with Crippen LogP contribution in [-0.2, 0) is 0 Å². The lowest BCUT2D eigenvalue weighted by Gasteiger charge is -2.44. The van der Waals surface area contributed by atoms with E-state index in [9.17, 15) is 14.0 Å². The maximum Gasteiger partial charge on any atom is 0.255 e. The van der Waals surface area contributed by atoms with Crippen LogP contribution in [0.2, 0.25) is 0 Å². The van der Waals surface area contributed by atoms with Crippen molar-refractivity contribution in [3.63, 3.8) is 0 Å². The monoisotopic (exact) mass is 380 g/mol. The van der Waals surface area contributed by atoms with Crippen LogP contribution in [0.15, 0.2) is 48.5 Å². The second-order valence-corrected chi connectivity index (χ2v) is 7.79. The predicted octanol–water partition coefficient (Wildman–Crippen LogP) is 4.87. The van der Waals surface area contributed by atoms with Crippen molar-refractivity contribution >= 4 is 17.5 Å². The molecule has 0 bridgehead atoms. The summed E-state index contributed by atoms with van der Waals surface area (Å²) in [5, 5.41) is 2.78. The molecule has 2 aliphatic rings. The van der Waals surface area contributed by atoms with Gasteiger partial charge in [0, 0.05) is 29.4 Å². The lowest BCUT2D eigenvalue weighted by molar-refractivity contribution is 0.0390. The molecule has 0 unspecified atom stereocenters. The highest BCUT2D eigenvalue weighted by atomic mass is 19.1. The molecular weight excluding hydrogens is 355 g/mol. The van der Waals surface area contributed by atoms with Gasteiger partial charge in [-0.1, -0.05) is 12.8 Å². The summed E-state index contributed by atoms with van der Waals surface area (Å²) in [6.07, 6.45) is 7.16. The first-order valence-electron chi connectivity index (χ1n) is 10.1. The van der Waals surface area contributed by atoms with Crippen molar-refractivity contribution < 1.29 is 14.0 Å². The molecule has 1 N–H and O–H groups in total. The Labute approximate surface area is 164 Å². The number of hydrogen-bond acceptors (Lipinski definition) is 2. The molecule has 2 fully saturated rings. The van der Waals surface area contributed by atoms with E-state index in [2.05, 4.69) is 10.2 Å². The molecule has 0 aromatic heterocycles. The fourth-order valence-electron chi connectivity index (χ4n) is 4.54. The number of rotatable bonds is 3. The average molecular weight is 380 g/mol. The third kappa shape index (κ3) is 3.93. The number of amides is 2. The Hall–Kier alpha value is -2.69. The third-order valence-corrected chi connectivity index (χ3v) is 6.00. The fraction of sp³-hybridized carbons (Fsp3) is 0.391. The van der Waals surface area contributed by atoms with E-state index >= 15 is 0 Å². The molecule has 5 heteroatoms. The first kappa shape index (κ1) is 18.7. The van der Waals surface area contributed by atoms with Gasteiger partial charge in [0.1, 0.15) is 5.82 Å². The number of anilines is 1. The van der Waals surface area contributed by atoms with Crippen LogP contribution in [0.1, 0.15) is 59.2 Å². The van der Waals surface area contributed by atoms with Gasteiger partial charge in [-0.05, 0) is 80.1 Å². The maximum atomic E-state index is 13.0. The highest BCUT2D eigenvalue weighted by Gasteiger charge is 2.35. The first-order valence-corrected chi connectivity index (χ1v) is 10.1. The standard InChI is InChI=1S/C23H25FN2O2/c24-19-11-7-17(8-12-19)22(27)25-20-13-9-18(10-14-20)23(28)26-15-3-5-16-4-1-2-6-21(16)26/h7-14,16,21H,1-6,15H2,(H,25,27)/t16-,21+/m1/s1. The minimum atomic E-state index is -0.377. The van der Waals surface area contributed by atoms with Crippen LogP contribution in [0.3, 0.4) is 0 Å². The van der Waals surface area contributed by atoms with Crippen molar-refractivity contribution in [3.8, 4) is 0 Å². The molecule has 2 aromatic rings. The fourth-order valence-corrected chi connectivity index (χ4v) is 4.54. The van der Waals surface area contributed by atoms with E-state index in [1.807, 2.05) is 0 Å². The van der Waals surface area contributed by atoms with E-state index in [0.29, 0.717) is 28.8 Å². The van der Waals surface area contributed by atoms with Gasteiger partial charge in [-0.25, -0.2) is 4.39 Å². The SMILES string of the molecule is O=C(Nc1ccc(C(=O)N2CCC[C@H]3CCCC[C@@H]32)cc1)c1ccc(F)cc1. The molecule has 1 saturated heterocycles. The normalized spacial score (nSPS) is 21.7. The Morgan fingerprint density at radius 1 is 0.857 bits per heavy atom. The highest BCUT2D eigenvalue weighted by Crippen LogP contribution is 2.36. The van der Waals surface area contributed by atoms with E-state index in [0.717, 1.165) is 19.4 Å². The largest absolute Gasteiger partial charge is 0.335 e. The molecule has 0 radical (unpaired) electrons. The van der Waals surface area contributed by atoms with Crippen molar-refractivity contribution in [2.45, 2.75) is 44.6 Å². The molecule has 28 heavy (non-hydrogen) atoms. The number of piperidine rings is 1. The number of fused-ring (bicyclic) bond motifs is 1. The second kappa shape index (κ2) is 8.13. The topological polar surface area (TPSA) is 49.4 Å². The Bertz CT molecular complexity index is 846. The van der Waals surface area contributed by atoms with Crippen LogP contribution in [0.4, 0.5) is 10.1 Å². The Morgan fingerprint density at radius 3 is 2.25 bits per heavy atom. The number of halogens is 1. The Kier molecular flexibility index (Phi) is 5.42. The van der Waals surface area contributed by atoms with Gasteiger partial charge in [-0.15, -0.1) is 0 Å². The van der Waals surface area contributed by atoms with Gasteiger partial charge < -0.3 is 10.2 Å². The quantitative estimate of drug-likeness (QED) is 0.826. The summed E-state index contributed by atoms with van der Waals surface area (Å²) in [6, 6.07) is 12.8. The average Bonchev–Trinajstić information content (AvgIpc) is 2.74. The van der Waals surface area contributed by atoms with Crippen LogP contribution >= 0.6 is 0 Å². The third-order valence-electron chi connectivity index (χ3n) is 6.00. The number of nitrogens with zero attached hydrogens (tertiary/aromatic N) is 1. The van der Waals surface area contributed by atoms with Crippen molar-refractivity contribution in [2.75, 3.05) is 11.9 Å². The van der Waals surface area contributed by atoms with Crippen molar-refractivity contribution in [1.82, 2.24) is 4.90 Å². The van der Waals surface area contributed by atoms with E-state index in [4.69, 9.17) is 0 Å². The van der Waals surface area contributed by atoms with Gasteiger partial charge in [0.2, 0.25) is 0 Å². The molecule has 4 nitrogen and oxygen atoms in total. The number of hydrogen-bond donors (Lipinski definition) is 1. The molecule has 146 valence electrons. The Balaban J connectivity index is 1.43. The van der Waals surface area contributed by atoms with E-state index in [1.54, 1.807) is 24.3 Å². The zero-order chi connectivity index (χ0) is 19.5. The smallest absolute Gasteiger partial charge is 0.255 e. The van der Waals surface area contributed by atoms with Gasteiger partial charge in [0.05, 0.1) is 0 Å². The summed E-state index contributed by atoms with van der Waals surface area (Å²) in [5.74, 6) is 0.0613. The summed E-state index contributed by atoms with van der Waals surface area (Å²) in [6.45, 7) is 0.836. The predicted molar refractivity (Wildman–Crippen MR) is 107 cm³/mol. The van der Waals surface area contributed by atoms with Crippen molar-refractivity contribution in [1.29, 1.82) is 0 Å². The minimum absolute atomic E-state index is 0.0908. The molecular formula is C23H25FN2O2. The lowest BCUT2D eigenvalue weighted by atomic mass is 9.78. The summed E-state index contributed by atoms with van der Waals surface area (Å²) in [4.78, 5) is 27.4. The molecule has 0 spiro atoms. The van der Waals surface area contributed by atoms with E-state index in [1.165, 1.54) is 49.9 Å². The zero-order valence-corrected chi connectivity index (χ0v) is 15.9. The molecule has 1 aliphatic carbocycles. The molecule has 2 aromatic carbocycles. The summed E-state index contributed by atoms with van der Waals surface area (Å²) >= 11 is 0. The number of likely N-dealkylation sites (tertiary alicyclic amines) is 1. The minimum Gasteiger partial charge on any atom is -0.335 e. The number of benzene rings is 2. The zero-order valence-electron chi connectivity index (χ0n) is 15.9. The van der Waals surface area contributed by atoms with Gasteiger partial charge in [-0.2, -0.15) is 0 Å². The van der Waals surface area contributed by atoms with Gasteiger partial charge in [0.25, 0.3) is 11.8 Å². The molecule has 1 aliphatic heterocycles. The second-order valence-electron chi connectivity index (χ2n) is 7.79. The van der Waals surface area contributed by atoms with Gasteiger partial charge in [-0.3, -0.25) is 9.59 Å². The van der Waals surface area contributed by atoms with Crippen LogP contribution in [0, 0.1) is 11.7 Å². The van der Waals surface area contributed by atoms with Crippen LogP contribution < -0.4 is 5.32 Å². The Morgan fingerprint density at radius 2 is 1.50 bits per heavy atom. The molecule has 2 atom stereocenters. The van der Waals surface area contributed by atoms with E-state index in [-0.39, 0.29) is 17.6 Å². The summed E-state index contributed by atoms with van der Waals surface area (Å²) < 4.78 is 13.0. The van der Waals surface area contributed by atoms with E-state index < -0.39 is 0 Å². The lowest BCUT2D eigenvalue weighted by Crippen LogP contribution is -2.49. The van der Waals surface area contributed by atoms with Crippen molar-refractivity contribution in [3.05, 3.63) is 65.5 Å². The van der Waals surface area contributed by atoms with Crippen LogP contribution in [0.25, 0.3) is 0 Å². The first-order chi connectivity index (χ1) is 13.6. The number of carbonyl (C=O) groups is 2. The van der Waals surface area contributed by atoms with Crippen molar-refractivity contribution in [2.24, 2.45) is 5.92 Å². The molecule has 1 heterocycles. The molecule has 4 rings (SSSR count). The molecule has 1 saturated carbocycles. The van der Waals surface area contributed by atoms with Gasteiger partial charge in [0.15, 0.2) is 0 Å². The highest BCUT2D eigenvalue weighted by molar-refractivity contribution is 6.04. The van der Waals surface area contributed by atoms with Crippen LogP contribution in [-0.4, -0.2) is 29.3 Å². The number of nitrogens with one attached hydrogen (secondary N) is 1. The summed E-state index contributed by atoms with van der Waals surface area (Å²) in [7, 11) is 0.